The SMILES string of the molecule is COc1ccc(C(=O)CCC(=O)NCCc2ccc(OC)cc2OC)cc1. The summed E-state index contributed by atoms with van der Waals surface area (Å²) in [6, 6.07) is 12.4. The number of ether oxygens (including phenoxy) is 3. The van der Waals surface area contributed by atoms with Crippen LogP contribution in [-0.4, -0.2) is 39.6 Å². The van der Waals surface area contributed by atoms with Crippen molar-refractivity contribution in [1.29, 1.82) is 0 Å². The zero-order valence-electron chi connectivity index (χ0n) is 15.9. The van der Waals surface area contributed by atoms with Crippen LogP contribution in [-0.2, 0) is 11.2 Å². The van der Waals surface area contributed by atoms with Gasteiger partial charge in [-0.15, -0.1) is 0 Å². The Morgan fingerprint density at radius 1 is 0.852 bits per heavy atom. The number of nitrogens with one attached hydrogen (secondary N) is 1. The summed E-state index contributed by atoms with van der Waals surface area (Å²) in [5.41, 5.74) is 1.56. The second-order valence-electron chi connectivity index (χ2n) is 5.93. The molecule has 6 heteroatoms. The first-order chi connectivity index (χ1) is 13.1. The van der Waals surface area contributed by atoms with Crippen LogP contribution in [0.3, 0.4) is 0 Å². The summed E-state index contributed by atoms with van der Waals surface area (Å²) >= 11 is 0. The Kier molecular flexibility index (Phi) is 7.67. The van der Waals surface area contributed by atoms with Crippen LogP contribution < -0.4 is 19.5 Å². The van der Waals surface area contributed by atoms with Crippen LogP contribution in [0.25, 0.3) is 0 Å². The van der Waals surface area contributed by atoms with E-state index in [-0.39, 0.29) is 24.5 Å². The van der Waals surface area contributed by atoms with Gasteiger partial charge in [-0.25, -0.2) is 0 Å². The number of carbonyl (C=O) groups is 2. The van der Waals surface area contributed by atoms with Gasteiger partial charge in [-0.3, -0.25) is 9.59 Å². The molecule has 0 atom stereocenters. The first-order valence-electron chi connectivity index (χ1n) is 8.72. The van der Waals surface area contributed by atoms with Crippen molar-refractivity contribution in [2.45, 2.75) is 19.3 Å². The standard InChI is InChI=1S/C21H25NO5/c1-25-17-7-4-15(5-8-17)19(23)10-11-21(24)22-13-12-16-6-9-18(26-2)14-20(16)27-3/h4-9,14H,10-13H2,1-3H3,(H,22,24). The Balaban J connectivity index is 1.76. The van der Waals surface area contributed by atoms with Crippen molar-refractivity contribution in [1.82, 2.24) is 5.32 Å². The maximum atomic E-state index is 12.1. The van der Waals surface area contributed by atoms with Crippen molar-refractivity contribution in [2.24, 2.45) is 0 Å². The highest BCUT2D eigenvalue weighted by Crippen LogP contribution is 2.24. The molecule has 2 aromatic carbocycles. The van der Waals surface area contributed by atoms with E-state index in [0.29, 0.717) is 24.3 Å². The average Bonchev–Trinajstić information content (AvgIpc) is 2.72. The van der Waals surface area contributed by atoms with E-state index in [1.165, 1.54) is 0 Å². The van der Waals surface area contributed by atoms with Crippen LogP contribution in [0.4, 0.5) is 0 Å². The Labute approximate surface area is 159 Å². The maximum Gasteiger partial charge on any atom is 0.220 e. The molecule has 2 rings (SSSR count). The molecule has 0 aromatic heterocycles. The highest BCUT2D eigenvalue weighted by Gasteiger charge is 2.10. The lowest BCUT2D eigenvalue weighted by Crippen LogP contribution is -2.26. The number of Topliss-reactive ketones (excluding diaryl/α,β-unsaturated/α-hetero) is 1. The molecule has 0 spiro atoms. The van der Waals surface area contributed by atoms with Crippen molar-refractivity contribution in [3.63, 3.8) is 0 Å². The van der Waals surface area contributed by atoms with Gasteiger partial charge in [0.2, 0.25) is 5.91 Å². The molecule has 1 N–H and O–H groups in total. The molecule has 0 heterocycles. The Hall–Kier alpha value is -3.02. The van der Waals surface area contributed by atoms with E-state index in [9.17, 15) is 9.59 Å². The molecule has 27 heavy (non-hydrogen) atoms. The molecule has 0 aliphatic heterocycles. The third-order valence-electron chi connectivity index (χ3n) is 4.20. The predicted octanol–water partition coefficient (Wildman–Crippen LogP) is 3.03. The van der Waals surface area contributed by atoms with E-state index in [4.69, 9.17) is 14.2 Å². The Bertz CT molecular complexity index is 771. The summed E-state index contributed by atoms with van der Waals surface area (Å²) in [7, 11) is 4.77. The third kappa shape index (κ3) is 6.02. The summed E-state index contributed by atoms with van der Waals surface area (Å²) in [6.45, 7) is 0.470. The number of hydrogen-bond donors (Lipinski definition) is 1. The lowest BCUT2D eigenvalue weighted by atomic mass is 10.1. The number of carbonyl (C=O) groups excluding carboxylic acids is 2. The van der Waals surface area contributed by atoms with Gasteiger partial charge < -0.3 is 19.5 Å². The smallest absolute Gasteiger partial charge is 0.220 e. The van der Waals surface area contributed by atoms with Gasteiger partial charge in [0, 0.05) is 31.0 Å². The lowest BCUT2D eigenvalue weighted by molar-refractivity contribution is -0.121. The average molecular weight is 371 g/mol. The van der Waals surface area contributed by atoms with Crippen LogP contribution in [0.1, 0.15) is 28.8 Å². The Morgan fingerprint density at radius 3 is 2.15 bits per heavy atom. The summed E-state index contributed by atoms with van der Waals surface area (Å²) in [5.74, 6) is 1.92. The topological polar surface area (TPSA) is 73.9 Å². The van der Waals surface area contributed by atoms with Gasteiger partial charge in [0.1, 0.15) is 17.2 Å². The summed E-state index contributed by atoms with van der Waals surface area (Å²) in [6.07, 6.45) is 0.958. The molecule has 6 nitrogen and oxygen atoms in total. The molecule has 0 aliphatic carbocycles. The van der Waals surface area contributed by atoms with Crippen molar-refractivity contribution in [2.75, 3.05) is 27.9 Å². The highest BCUT2D eigenvalue weighted by atomic mass is 16.5. The maximum absolute atomic E-state index is 12.1. The van der Waals surface area contributed by atoms with Gasteiger partial charge in [0.05, 0.1) is 21.3 Å². The van der Waals surface area contributed by atoms with E-state index >= 15 is 0 Å². The molecule has 0 aliphatic rings. The van der Waals surface area contributed by atoms with E-state index in [0.717, 1.165) is 17.1 Å². The molecule has 0 saturated heterocycles. The molecule has 0 saturated carbocycles. The molecular weight excluding hydrogens is 346 g/mol. The first-order valence-corrected chi connectivity index (χ1v) is 8.72. The van der Waals surface area contributed by atoms with Crippen LogP contribution in [0.15, 0.2) is 42.5 Å². The fourth-order valence-electron chi connectivity index (χ4n) is 2.63. The van der Waals surface area contributed by atoms with Gasteiger partial charge in [-0.2, -0.15) is 0 Å². The zero-order chi connectivity index (χ0) is 19.6. The molecule has 0 bridgehead atoms. The minimum absolute atomic E-state index is 0.0652. The highest BCUT2D eigenvalue weighted by molar-refractivity contribution is 5.98. The molecule has 2 aromatic rings. The second-order valence-corrected chi connectivity index (χ2v) is 5.93. The molecule has 1 amide bonds. The van der Waals surface area contributed by atoms with E-state index in [2.05, 4.69) is 5.32 Å². The molecule has 0 fully saturated rings. The van der Waals surface area contributed by atoms with Crippen molar-refractivity contribution in [3.8, 4) is 17.2 Å². The quantitative estimate of drug-likeness (QED) is 0.650. The zero-order valence-corrected chi connectivity index (χ0v) is 15.9. The molecular formula is C21H25NO5. The minimum atomic E-state index is -0.149. The largest absolute Gasteiger partial charge is 0.497 e. The molecule has 0 unspecified atom stereocenters. The fraction of sp³-hybridized carbons (Fsp3) is 0.333. The summed E-state index contributed by atoms with van der Waals surface area (Å²) in [4.78, 5) is 24.1. The van der Waals surface area contributed by atoms with Gasteiger partial charge in [0.25, 0.3) is 0 Å². The van der Waals surface area contributed by atoms with Gasteiger partial charge in [-0.1, -0.05) is 6.07 Å². The van der Waals surface area contributed by atoms with Crippen LogP contribution in [0, 0.1) is 0 Å². The monoisotopic (exact) mass is 371 g/mol. The predicted molar refractivity (Wildman–Crippen MR) is 103 cm³/mol. The third-order valence-corrected chi connectivity index (χ3v) is 4.20. The fourth-order valence-corrected chi connectivity index (χ4v) is 2.63. The lowest BCUT2D eigenvalue weighted by Gasteiger charge is -2.11. The number of amides is 1. The molecule has 144 valence electrons. The number of methoxy groups -OCH3 is 3. The second kappa shape index (κ2) is 10.2. The summed E-state index contributed by atoms with van der Waals surface area (Å²) < 4.78 is 15.6. The van der Waals surface area contributed by atoms with Crippen LogP contribution in [0.5, 0.6) is 17.2 Å². The number of ketones is 1. The van der Waals surface area contributed by atoms with Crippen LogP contribution >= 0.6 is 0 Å². The number of rotatable bonds is 10. The van der Waals surface area contributed by atoms with Crippen molar-refractivity contribution < 1.29 is 23.8 Å². The van der Waals surface area contributed by atoms with Crippen molar-refractivity contribution in [3.05, 3.63) is 53.6 Å². The molecule has 0 radical (unpaired) electrons. The van der Waals surface area contributed by atoms with Gasteiger partial charge in [-0.05, 0) is 42.3 Å². The van der Waals surface area contributed by atoms with E-state index in [1.54, 1.807) is 45.6 Å². The normalized spacial score (nSPS) is 10.2. The summed E-state index contributed by atoms with van der Waals surface area (Å²) in [5, 5.41) is 2.84. The number of benzene rings is 2. The van der Waals surface area contributed by atoms with Crippen molar-refractivity contribution >= 4 is 11.7 Å². The number of hydrogen-bond acceptors (Lipinski definition) is 5. The van der Waals surface area contributed by atoms with E-state index in [1.807, 2.05) is 18.2 Å². The van der Waals surface area contributed by atoms with E-state index < -0.39 is 0 Å². The van der Waals surface area contributed by atoms with Crippen LogP contribution in [0.2, 0.25) is 0 Å². The van der Waals surface area contributed by atoms with Gasteiger partial charge >= 0.3 is 0 Å². The minimum Gasteiger partial charge on any atom is -0.497 e. The first kappa shape index (κ1) is 20.3. The Morgan fingerprint density at radius 2 is 1.52 bits per heavy atom. The van der Waals surface area contributed by atoms with Gasteiger partial charge in [0.15, 0.2) is 5.78 Å².